The molecule has 11 nitrogen and oxygen atoms in total. The Morgan fingerprint density at radius 2 is 1.65 bits per heavy atom. The number of primary amides is 1. The molecule has 4 rings (SSSR count). The molecule has 0 aromatic heterocycles. The van der Waals surface area contributed by atoms with E-state index in [4.69, 9.17) is 5.73 Å². The van der Waals surface area contributed by atoms with Crippen LogP contribution in [0.1, 0.15) is 62.6 Å². The summed E-state index contributed by atoms with van der Waals surface area (Å²) in [7, 11) is 6.92. The number of nitrogens with zero attached hydrogens (tertiary/aromatic N) is 3. The number of anilines is 1. The van der Waals surface area contributed by atoms with Crippen LogP contribution in [0.4, 0.5) is 5.69 Å². The Labute approximate surface area is 253 Å². The highest BCUT2D eigenvalue weighted by Gasteiger charge is 2.64. The molecular formula is C32H46N4O7. The molecule has 0 bridgehead atoms. The van der Waals surface area contributed by atoms with Crippen molar-refractivity contribution in [2.24, 2.45) is 17.6 Å². The summed E-state index contributed by atoms with van der Waals surface area (Å²) in [6, 6.07) is 0.817. The number of benzene rings is 1. The molecular weight excluding hydrogens is 552 g/mol. The molecule has 3 aliphatic rings. The molecule has 3 aliphatic carbocycles. The van der Waals surface area contributed by atoms with Crippen molar-refractivity contribution in [3.8, 4) is 5.75 Å². The highest BCUT2D eigenvalue weighted by Crippen LogP contribution is 2.54. The average molecular weight is 599 g/mol. The molecule has 0 spiro atoms. The number of aromatic hydroxyl groups is 1. The lowest BCUT2D eigenvalue weighted by molar-refractivity contribution is -0.153. The maximum Gasteiger partial charge on any atom is 0.255 e. The van der Waals surface area contributed by atoms with E-state index in [1.165, 1.54) is 4.90 Å². The molecule has 0 radical (unpaired) electrons. The van der Waals surface area contributed by atoms with Gasteiger partial charge in [-0.25, -0.2) is 0 Å². The van der Waals surface area contributed by atoms with Crippen molar-refractivity contribution in [1.82, 2.24) is 9.80 Å². The number of aliphatic hydroxyl groups is 3. The number of phenols is 1. The Kier molecular flexibility index (Phi) is 9.30. The van der Waals surface area contributed by atoms with E-state index in [-0.39, 0.29) is 29.7 Å². The first-order valence-electron chi connectivity index (χ1n) is 15.1. The molecule has 0 heterocycles. The summed E-state index contributed by atoms with van der Waals surface area (Å²) in [6.07, 6.45) is 4.38. The zero-order chi connectivity index (χ0) is 32.0. The smallest absolute Gasteiger partial charge is 0.255 e. The Morgan fingerprint density at radius 1 is 1.05 bits per heavy atom. The Bertz CT molecular complexity index is 1370. The first kappa shape index (κ1) is 32.5. The fourth-order valence-electron chi connectivity index (χ4n) is 7.14. The van der Waals surface area contributed by atoms with Crippen molar-refractivity contribution in [1.29, 1.82) is 0 Å². The maximum atomic E-state index is 14.2. The molecule has 1 saturated carbocycles. The Hall–Kier alpha value is -3.41. The average Bonchev–Trinajstić information content (AvgIpc) is 2.92. The Balaban J connectivity index is 1.90. The van der Waals surface area contributed by atoms with Crippen molar-refractivity contribution in [3.63, 3.8) is 0 Å². The molecule has 1 aromatic carbocycles. The van der Waals surface area contributed by atoms with E-state index < -0.39 is 58.0 Å². The van der Waals surface area contributed by atoms with Gasteiger partial charge in [0.1, 0.15) is 22.8 Å². The van der Waals surface area contributed by atoms with Crippen molar-refractivity contribution < 1.29 is 34.8 Å². The topological polar surface area (TPSA) is 168 Å². The molecule has 236 valence electrons. The minimum absolute atomic E-state index is 0.0585. The number of rotatable bonds is 11. The van der Waals surface area contributed by atoms with E-state index in [9.17, 15) is 34.8 Å². The van der Waals surface area contributed by atoms with E-state index in [1.54, 1.807) is 14.1 Å². The van der Waals surface area contributed by atoms with E-state index in [0.717, 1.165) is 44.5 Å². The summed E-state index contributed by atoms with van der Waals surface area (Å²) in [5, 5.41) is 46.3. The lowest BCUT2D eigenvalue weighted by Crippen LogP contribution is -2.65. The molecule has 1 fully saturated rings. The summed E-state index contributed by atoms with van der Waals surface area (Å²) < 4.78 is 0. The predicted molar refractivity (Wildman–Crippen MR) is 164 cm³/mol. The van der Waals surface area contributed by atoms with Crippen LogP contribution in [0.25, 0.3) is 5.76 Å². The first-order chi connectivity index (χ1) is 20.2. The molecule has 0 saturated heterocycles. The van der Waals surface area contributed by atoms with Gasteiger partial charge in [0.2, 0.25) is 5.78 Å². The zero-order valence-electron chi connectivity index (χ0n) is 26.1. The molecule has 4 atom stereocenters. The minimum Gasteiger partial charge on any atom is -0.508 e. The number of hydrogen-bond acceptors (Lipinski definition) is 10. The summed E-state index contributed by atoms with van der Waals surface area (Å²) in [6.45, 7) is 6.41. The van der Waals surface area contributed by atoms with Crippen LogP contribution in [-0.2, 0) is 27.3 Å². The van der Waals surface area contributed by atoms with Crippen LogP contribution in [0.2, 0.25) is 0 Å². The third kappa shape index (κ3) is 5.32. The van der Waals surface area contributed by atoms with E-state index in [0.29, 0.717) is 17.7 Å². The number of fused-ring (bicyclic) bond motifs is 3. The number of Topliss-reactive ketones (excluding diaryl/α,β-unsaturated/α-hetero) is 2. The fraction of sp³-hybridized carbons (Fsp3) is 0.594. The van der Waals surface area contributed by atoms with Crippen molar-refractivity contribution in [2.75, 3.05) is 46.2 Å². The number of carbonyl (C=O) groups excluding carboxylic acids is 3. The molecule has 43 heavy (non-hydrogen) atoms. The summed E-state index contributed by atoms with van der Waals surface area (Å²) >= 11 is 0. The van der Waals surface area contributed by atoms with Gasteiger partial charge in [0.05, 0.1) is 11.6 Å². The number of ketones is 2. The maximum absolute atomic E-state index is 14.2. The largest absolute Gasteiger partial charge is 0.508 e. The molecule has 11 heteroatoms. The van der Waals surface area contributed by atoms with Crippen LogP contribution < -0.4 is 10.6 Å². The highest BCUT2D eigenvalue weighted by atomic mass is 16.3. The van der Waals surface area contributed by atoms with Gasteiger partial charge in [-0.15, -0.1) is 0 Å². The number of hydrogen-bond donors (Lipinski definition) is 5. The molecule has 1 aromatic rings. The quantitative estimate of drug-likeness (QED) is 0.239. The van der Waals surface area contributed by atoms with Gasteiger partial charge in [-0.1, -0.05) is 26.7 Å². The van der Waals surface area contributed by atoms with Crippen LogP contribution in [0, 0.1) is 11.8 Å². The molecule has 0 unspecified atom stereocenters. The van der Waals surface area contributed by atoms with E-state index >= 15 is 0 Å². The Morgan fingerprint density at radius 3 is 2.16 bits per heavy atom. The molecule has 1 amide bonds. The van der Waals surface area contributed by atoms with Gasteiger partial charge in [-0.3, -0.25) is 24.2 Å². The third-order valence-corrected chi connectivity index (χ3v) is 9.31. The predicted octanol–water partition coefficient (Wildman–Crippen LogP) is 2.43. The fourth-order valence-corrected chi connectivity index (χ4v) is 7.14. The van der Waals surface area contributed by atoms with Crippen LogP contribution in [0.15, 0.2) is 23.0 Å². The number of nitrogens with two attached hydrogens (primary N) is 1. The van der Waals surface area contributed by atoms with Crippen LogP contribution in [0.3, 0.4) is 0 Å². The van der Waals surface area contributed by atoms with Crippen LogP contribution in [-0.4, -0.2) is 101 Å². The lowest BCUT2D eigenvalue weighted by atomic mass is 9.57. The number of amides is 1. The zero-order valence-corrected chi connectivity index (χ0v) is 26.1. The van der Waals surface area contributed by atoms with Gasteiger partial charge in [0, 0.05) is 43.4 Å². The SMILES string of the molecule is CCCCN(CCCC)Cc1cc(N(C)C)c2c(c1O)C(O)=C1C(=O)[C@@]3(O)C(O)=C(C(N)=O)C(=O)[C@H](N(C)C)[C@H]3C[C@H]1C2. The number of unbranched alkanes of at least 4 members (excludes halogenated alkanes) is 2. The highest BCUT2D eigenvalue weighted by molar-refractivity contribution is 6.24. The summed E-state index contributed by atoms with van der Waals surface area (Å²) in [5.74, 6) is -6.42. The van der Waals surface area contributed by atoms with Gasteiger partial charge < -0.3 is 31.1 Å². The van der Waals surface area contributed by atoms with Crippen LogP contribution in [0.5, 0.6) is 5.75 Å². The van der Waals surface area contributed by atoms with Crippen LogP contribution >= 0.6 is 0 Å². The van der Waals surface area contributed by atoms with Gasteiger partial charge in [-0.2, -0.15) is 0 Å². The second kappa shape index (κ2) is 12.3. The lowest BCUT2D eigenvalue weighted by Gasteiger charge is -2.50. The van der Waals surface area contributed by atoms with E-state index in [2.05, 4.69) is 18.7 Å². The summed E-state index contributed by atoms with van der Waals surface area (Å²) in [4.78, 5) is 45.4. The van der Waals surface area contributed by atoms with Gasteiger partial charge in [0.25, 0.3) is 5.91 Å². The number of aliphatic hydroxyl groups excluding tert-OH is 2. The third-order valence-electron chi connectivity index (χ3n) is 9.31. The van der Waals surface area contributed by atoms with Gasteiger partial charge >= 0.3 is 0 Å². The number of phenolic OH excluding ortho intramolecular Hbond substituents is 1. The van der Waals surface area contributed by atoms with Crippen molar-refractivity contribution in [2.45, 2.75) is 70.6 Å². The van der Waals surface area contributed by atoms with E-state index in [1.807, 2.05) is 25.1 Å². The molecule has 0 aliphatic heterocycles. The summed E-state index contributed by atoms with van der Waals surface area (Å²) in [5.41, 5.74) is 3.99. The second-order valence-corrected chi connectivity index (χ2v) is 12.6. The minimum atomic E-state index is -2.65. The first-order valence-corrected chi connectivity index (χ1v) is 15.1. The van der Waals surface area contributed by atoms with Crippen molar-refractivity contribution in [3.05, 3.63) is 39.7 Å². The second-order valence-electron chi connectivity index (χ2n) is 12.6. The number of carbonyl (C=O) groups is 3. The normalized spacial score (nSPS) is 25.3. The number of likely N-dealkylation sites (N-methyl/N-ethyl adjacent to an activating group) is 1. The van der Waals surface area contributed by atoms with Gasteiger partial charge in [0.15, 0.2) is 11.4 Å². The standard InChI is InChI=1S/C32H46N4O7/c1-7-9-11-36(12-10-8-2)16-18-15-21(34(3)4)19-13-17-14-20-25(35(5)6)28(39)24(31(33)42)30(41)32(20,43)29(40)22(17)27(38)23(19)26(18)37/h15,17,20,25,37-38,41,43H,7-14,16H2,1-6H3,(H2,33,42)/t17-,20-,25-,32-/m1/s1. The van der Waals surface area contributed by atoms with Gasteiger partial charge in [-0.05, 0) is 70.4 Å². The van der Waals surface area contributed by atoms with Crippen molar-refractivity contribution >= 4 is 28.9 Å². The monoisotopic (exact) mass is 598 g/mol. The molecule has 6 N–H and O–H groups in total.